The fraction of sp³-hybridized carbons (Fsp3) is 0.917. The van der Waals surface area contributed by atoms with Crippen molar-refractivity contribution in [2.75, 3.05) is 53.4 Å². The lowest BCUT2D eigenvalue weighted by atomic mass is 10.1. The molecule has 0 N–H and O–H groups in total. The summed E-state index contributed by atoms with van der Waals surface area (Å²) in [6.07, 6.45) is 15.5. The van der Waals surface area contributed by atoms with Crippen LogP contribution in [0.25, 0.3) is 0 Å². The Labute approximate surface area is 185 Å². The van der Waals surface area contributed by atoms with E-state index in [1.165, 1.54) is 77.0 Å². The van der Waals surface area contributed by atoms with Gasteiger partial charge in [-0.2, -0.15) is 0 Å². The first-order chi connectivity index (χ1) is 14.5. The van der Waals surface area contributed by atoms with Gasteiger partial charge in [0.2, 0.25) is 0 Å². The van der Waals surface area contributed by atoms with Crippen LogP contribution in [0, 0.1) is 0 Å². The van der Waals surface area contributed by atoms with Gasteiger partial charge in [0.25, 0.3) is 0 Å². The minimum Gasteiger partial charge on any atom is -0.326 e. The lowest BCUT2D eigenvalue weighted by molar-refractivity contribution is 0.197. The van der Waals surface area contributed by atoms with Crippen molar-refractivity contribution < 1.29 is 9.59 Å². The highest BCUT2D eigenvalue weighted by Crippen LogP contribution is 2.11. The number of unbranched alkanes of at least 4 members (excludes halogenated alkanes) is 10. The Bertz CT molecular complexity index is 430. The quantitative estimate of drug-likeness (QED) is 0.349. The van der Waals surface area contributed by atoms with E-state index in [9.17, 15) is 9.59 Å². The third kappa shape index (κ3) is 10.5. The van der Waals surface area contributed by atoms with Crippen molar-refractivity contribution in [1.82, 2.24) is 19.6 Å². The second-order valence-electron chi connectivity index (χ2n) is 8.92. The number of carbonyl (C=O) groups is 2. The third-order valence-corrected chi connectivity index (χ3v) is 6.17. The minimum absolute atomic E-state index is 0.212. The Morgan fingerprint density at radius 3 is 1.17 bits per heavy atom. The van der Waals surface area contributed by atoms with Crippen molar-refractivity contribution in [2.45, 2.75) is 90.9 Å². The number of rotatable bonds is 14. The van der Waals surface area contributed by atoms with E-state index in [-0.39, 0.29) is 12.1 Å². The molecule has 2 aliphatic heterocycles. The Kier molecular flexibility index (Phi) is 14.4. The molecule has 0 atom stereocenters. The molecule has 0 saturated carbocycles. The minimum atomic E-state index is 0.212. The van der Waals surface area contributed by atoms with Gasteiger partial charge in [-0.15, -0.1) is 0 Å². The summed E-state index contributed by atoms with van der Waals surface area (Å²) in [7, 11) is 3.76. The largest absolute Gasteiger partial charge is 0.326 e. The number of hydrogen-bond donors (Lipinski definition) is 0. The molecular formula is C24H48N4O2. The molecule has 6 nitrogen and oxygen atoms in total. The molecule has 0 aromatic heterocycles. The second kappa shape index (κ2) is 16.3. The molecule has 0 radical (unpaired) electrons. The molecule has 4 amide bonds. The summed E-state index contributed by atoms with van der Waals surface area (Å²) in [5.74, 6) is 0. The van der Waals surface area contributed by atoms with Crippen LogP contribution in [-0.4, -0.2) is 85.0 Å². The molecule has 6 heteroatoms. The Morgan fingerprint density at radius 2 is 0.867 bits per heavy atom. The van der Waals surface area contributed by atoms with Gasteiger partial charge < -0.3 is 19.6 Å². The van der Waals surface area contributed by atoms with Crippen molar-refractivity contribution in [3.8, 4) is 0 Å². The van der Waals surface area contributed by atoms with Crippen molar-refractivity contribution in [3.05, 3.63) is 0 Å². The molecule has 30 heavy (non-hydrogen) atoms. The molecule has 2 aliphatic rings. The predicted molar refractivity (Wildman–Crippen MR) is 126 cm³/mol. The van der Waals surface area contributed by atoms with E-state index in [0.717, 1.165) is 39.3 Å². The summed E-state index contributed by atoms with van der Waals surface area (Å²) in [4.78, 5) is 30.6. The number of carbonyl (C=O) groups excluding carboxylic acids is 2. The SMILES string of the molecule is CCCCCCCCN1CCN(C)C1=O.CCCCCCCCN1CCN(C)C1=O. The second-order valence-corrected chi connectivity index (χ2v) is 8.92. The molecule has 2 heterocycles. The number of amides is 4. The van der Waals surface area contributed by atoms with Crippen LogP contribution in [0.15, 0.2) is 0 Å². The maximum Gasteiger partial charge on any atom is 0.319 e. The molecular weight excluding hydrogens is 376 g/mol. The molecule has 176 valence electrons. The average Bonchev–Trinajstić information content (AvgIpc) is 3.24. The van der Waals surface area contributed by atoms with Crippen molar-refractivity contribution in [2.24, 2.45) is 0 Å². The predicted octanol–water partition coefficient (Wildman–Crippen LogP) is 5.43. The van der Waals surface area contributed by atoms with Crippen molar-refractivity contribution in [1.29, 1.82) is 0 Å². The number of nitrogens with zero attached hydrogens (tertiary/aromatic N) is 4. The summed E-state index contributed by atoms with van der Waals surface area (Å²) in [5, 5.41) is 0. The van der Waals surface area contributed by atoms with E-state index in [0.29, 0.717) is 0 Å². The highest BCUT2D eigenvalue weighted by molar-refractivity contribution is 5.76. The van der Waals surface area contributed by atoms with Crippen LogP contribution in [0.4, 0.5) is 9.59 Å². The maximum absolute atomic E-state index is 11.5. The van der Waals surface area contributed by atoms with Gasteiger partial charge in [0.05, 0.1) is 0 Å². The Balaban J connectivity index is 0.000000300. The van der Waals surface area contributed by atoms with E-state index in [4.69, 9.17) is 0 Å². The fourth-order valence-corrected chi connectivity index (χ4v) is 3.99. The van der Waals surface area contributed by atoms with Crippen LogP contribution in [0.1, 0.15) is 90.9 Å². The van der Waals surface area contributed by atoms with Crippen LogP contribution in [0.3, 0.4) is 0 Å². The molecule has 0 unspecified atom stereocenters. The summed E-state index contributed by atoms with van der Waals surface area (Å²) in [6.45, 7) is 10.0. The van der Waals surface area contributed by atoms with Gasteiger partial charge in [-0.25, -0.2) is 9.59 Å². The van der Waals surface area contributed by atoms with Gasteiger partial charge in [0, 0.05) is 53.4 Å². The van der Waals surface area contributed by atoms with Crippen molar-refractivity contribution in [3.63, 3.8) is 0 Å². The first kappa shape index (κ1) is 26.6. The zero-order valence-electron chi connectivity index (χ0n) is 20.3. The maximum atomic E-state index is 11.5. The van der Waals surface area contributed by atoms with Crippen LogP contribution in [-0.2, 0) is 0 Å². The molecule has 0 aromatic rings. The standard InChI is InChI=1S/2C12H24N2O/c2*1-3-4-5-6-7-8-9-14-11-10-13(2)12(14)15/h2*3-11H2,1-2H3. The zero-order chi connectivity index (χ0) is 22.2. The van der Waals surface area contributed by atoms with E-state index in [1.54, 1.807) is 9.80 Å². The van der Waals surface area contributed by atoms with Gasteiger partial charge in [-0.05, 0) is 12.8 Å². The van der Waals surface area contributed by atoms with Gasteiger partial charge in [0.15, 0.2) is 0 Å². The average molecular weight is 425 g/mol. The summed E-state index contributed by atoms with van der Waals surface area (Å²) in [5.41, 5.74) is 0. The number of urea groups is 2. The molecule has 0 aliphatic carbocycles. The smallest absolute Gasteiger partial charge is 0.319 e. The zero-order valence-corrected chi connectivity index (χ0v) is 20.3. The lowest BCUT2D eigenvalue weighted by Gasteiger charge is -2.15. The molecule has 0 spiro atoms. The third-order valence-electron chi connectivity index (χ3n) is 6.17. The van der Waals surface area contributed by atoms with Crippen LogP contribution >= 0.6 is 0 Å². The van der Waals surface area contributed by atoms with Crippen molar-refractivity contribution >= 4 is 12.1 Å². The molecule has 2 fully saturated rings. The molecule has 0 bridgehead atoms. The van der Waals surface area contributed by atoms with Gasteiger partial charge in [-0.1, -0.05) is 78.1 Å². The fourth-order valence-electron chi connectivity index (χ4n) is 3.99. The van der Waals surface area contributed by atoms with Gasteiger partial charge in [-0.3, -0.25) is 0 Å². The van der Waals surface area contributed by atoms with Gasteiger partial charge >= 0.3 is 12.1 Å². The van der Waals surface area contributed by atoms with E-state index < -0.39 is 0 Å². The van der Waals surface area contributed by atoms with E-state index in [2.05, 4.69) is 13.8 Å². The first-order valence-corrected chi connectivity index (χ1v) is 12.5. The van der Waals surface area contributed by atoms with Crippen LogP contribution < -0.4 is 0 Å². The van der Waals surface area contributed by atoms with E-state index in [1.807, 2.05) is 23.9 Å². The van der Waals surface area contributed by atoms with Crippen LogP contribution in [0.2, 0.25) is 0 Å². The summed E-state index contributed by atoms with van der Waals surface area (Å²) >= 11 is 0. The highest BCUT2D eigenvalue weighted by Gasteiger charge is 2.24. The Hall–Kier alpha value is -1.46. The van der Waals surface area contributed by atoms with Gasteiger partial charge in [0.1, 0.15) is 0 Å². The molecule has 2 rings (SSSR count). The number of hydrogen-bond acceptors (Lipinski definition) is 2. The number of likely N-dealkylation sites (N-methyl/N-ethyl adjacent to an activating group) is 2. The van der Waals surface area contributed by atoms with Crippen LogP contribution in [0.5, 0.6) is 0 Å². The molecule has 0 aromatic carbocycles. The Morgan fingerprint density at radius 1 is 0.533 bits per heavy atom. The molecule has 2 saturated heterocycles. The topological polar surface area (TPSA) is 47.1 Å². The normalized spacial score (nSPS) is 16.5. The first-order valence-electron chi connectivity index (χ1n) is 12.5. The van der Waals surface area contributed by atoms with E-state index >= 15 is 0 Å². The lowest BCUT2D eigenvalue weighted by Crippen LogP contribution is -2.30. The highest BCUT2D eigenvalue weighted by atomic mass is 16.2. The summed E-state index contributed by atoms with van der Waals surface area (Å²) < 4.78 is 0. The monoisotopic (exact) mass is 424 g/mol. The summed E-state index contributed by atoms with van der Waals surface area (Å²) in [6, 6.07) is 0.423.